The molecule has 0 bridgehead atoms. The summed E-state index contributed by atoms with van der Waals surface area (Å²) in [7, 11) is 0. The molecule has 0 atom stereocenters. The van der Waals surface area contributed by atoms with E-state index in [4.69, 9.17) is 11.5 Å². The van der Waals surface area contributed by atoms with Gasteiger partial charge in [0.25, 0.3) is 0 Å². The van der Waals surface area contributed by atoms with Crippen molar-refractivity contribution >= 4 is 32.2 Å². The van der Waals surface area contributed by atoms with Crippen LogP contribution in [-0.4, -0.2) is 4.98 Å². The molecule has 0 unspecified atom stereocenters. The van der Waals surface area contributed by atoms with Gasteiger partial charge in [-0.2, -0.15) is 0 Å². The molecule has 2 aromatic rings. The van der Waals surface area contributed by atoms with Gasteiger partial charge in [0, 0.05) is 11.5 Å². The van der Waals surface area contributed by atoms with Crippen LogP contribution in [0.25, 0.3) is 10.2 Å². The second kappa shape index (κ2) is 2.25. The third kappa shape index (κ3) is 0.868. The van der Waals surface area contributed by atoms with E-state index in [1.807, 2.05) is 0 Å². The Bertz CT molecular complexity index is 485. The van der Waals surface area contributed by atoms with E-state index in [1.54, 1.807) is 6.07 Å². The van der Waals surface area contributed by atoms with E-state index in [0.717, 1.165) is 10.2 Å². The van der Waals surface area contributed by atoms with E-state index in [2.05, 4.69) is 4.98 Å². The second-order valence-electron chi connectivity index (χ2n) is 2.45. The van der Waals surface area contributed by atoms with Crippen molar-refractivity contribution in [2.75, 3.05) is 11.5 Å². The summed E-state index contributed by atoms with van der Waals surface area (Å²) in [6.45, 7) is 0. The molecule has 2 heterocycles. The van der Waals surface area contributed by atoms with Gasteiger partial charge in [0.1, 0.15) is 9.83 Å². The maximum atomic E-state index is 10.9. The summed E-state index contributed by atoms with van der Waals surface area (Å²) < 4.78 is 0. The molecule has 62 valence electrons. The zero-order chi connectivity index (χ0) is 8.72. The van der Waals surface area contributed by atoms with Crippen LogP contribution in [0.2, 0.25) is 0 Å². The number of nitrogen functional groups attached to an aromatic ring is 2. The van der Waals surface area contributed by atoms with Crippen molar-refractivity contribution in [3.63, 3.8) is 0 Å². The number of hydrogen-bond donors (Lipinski definition) is 3. The summed E-state index contributed by atoms with van der Waals surface area (Å²) in [5.74, 6) is 0. The normalized spacial score (nSPS) is 10.7. The van der Waals surface area contributed by atoms with Crippen LogP contribution in [0.4, 0.5) is 10.7 Å². The molecule has 4 nitrogen and oxygen atoms in total. The standard InChI is InChI=1S/C7H7N3OS/c8-5-3-1-2-4(11)10-7(3)12-6(5)9/h1-2H,8-9H2,(H,10,11). The van der Waals surface area contributed by atoms with Crippen molar-refractivity contribution in [2.45, 2.75) is 0 Å². The second-order valence-corrected chi connectivity index (χ2v) is 3.50. The van der Waals surface area contributed by atoms with Crippen LogP contribution in [0.15, 0.2) is 16.9 Å². The van der Waals surface area contributed by atoms with Crippen LogP contribution >= 0.6 is 11.3 Å². The first-order valence-electron chi connectivity index (χ1n) is 3.35. The number of H-pyrrole nitrogens is 1. The van der Waals surface area contributed by atoms with E-state index in [1.165, 1.54) is 17.4 Å². The van der Waals surface area contributed by atoms with E-state index in [-0.39, 0.29) is 5.56 Å². The average molecular weight is 181 g/mol. The van der Waals surface area contributed by atoms with Crippen LogP contribution in [0.3, 0.4) is 0 Å². The van der Waals surface area contributed by atoms with Gasteiger partial charge in [0.15, 0.2) is 0 Å². The molecular formula is C7H7N3OS. The molecule has 5 heteroatoms. The quantitative estimate of drug-likeness (QED) is 0.560. The molecule has 5 N–H and O–H groups in total. The van der Waals surface area contributed by atoms with Gasteiger partial charge in [-0.15, -0.1) is 0 Å². The first-order valence-corrected chi connectivity index (χ1v) is 4.17. The van der Waals surface area contributed by atoms with Crippen LogP contribution < -0.4 is 17.0 Å². The maximum absolute atomic E-state index is 10.9. The Morgan fingerprint density at radius 2 is 2.08 bits per heavy atom. The summed E-state index contributed by atoms with van der Waals surface area (Å²) in [5, 5.41) is 1.36. The SMILES string of the molecule is Nc1sc2[nH]c(=O)ccc2c1N. The Morgan fingerprint density at radius 1 is 1.33 bits per heavy atom. The number of aromatic amines is 1. The lowest BCUT2D eigenvalue weighted by atomic mass is 10.3. The molecule has 0 aromatic carbocycles. The molecular weight excluding hydrogens is 174 g/mol. The smallest absolute Gasteiger partial charge is 0.249 e. The van der Waals surface area contributed by atoms with Gasteiger partial charge in [0.2, 0.25) is 5.56 Å². The molecule has 12 heavy (non-hydrogen) atoms. The van der Waals surface area contributed by atoms with Gasteiger partial charge in [-0.05, 0) is 6.07 Å². The number of nitrogens with one attached hydrogen (secondary N) is 1. The fourth-order valence-corrected chi connectivity index (χ4v) is 1.93. The lowest BCUT2D eigenvalue weighted by Gasteiger charge is -1.88. The predicted molar refractivity (Wildman–Crippen MR) is 51.3 cm³/mol. The number of fused-ring (bicyclic) bond motifs is 1. The van der Waals surface area contributed by atoms with Gasteiger partial charge >= 0.3 is 0 Å². The van der Waals surface area contributed by atoms with Crippen molar-refractivity contribution in [3.05, 3.63) is 22.5 Å². The Balaban J connectivity index is 2.96. The summed E-state index contributed by atoms with van der Waals surface area (Å²) >= 11 is 1.29. The summed E-state index contributed by atoms with van der Waals surface area (Å²) in [6, 6.07) is 3.11. The number of thiophene rings is 1. The molecule has 0 aliphatic rings. The van der Waals surface area contributed by atoms with Gasteiger partial charge in [-0.3, -0.25) is 4.79 Å². The fourth-order valence-electron chi connectivity index (χ4n) is 1.05. The molecule has 0 aliphatic carbocycles. The number of rotatable bonds is 0. The first kappa shape index (κ1) is 7.17. The van der Waals surface area contributed by atoms with Crippen molar-refractivity contribution in [1.29, 1.82) is 0 Å². The van der Waals surface area contributed by atoms with Crippen molar-refractivity contribution in [2.24, 2.45) is 0 Å². The highest BCUT2D eigenvalue weighted by molar-refractivity contribution is 7.23. The van der Waals surface area contributed by atoms with Gasteiger partial charge in [0.05, 0.1) is 5.69 Å². The number of aromatic nitrogens is 1. The number of hydrogen-bond acceptors (Lipinski definition) is 4. The Labute approximate surface area is 71.8 Å². The molecule has 2 rings (SSSR count). The Hall–Kier alpha value is -1.49. The Kier molecular flexibility index (Phi) is 1.34. The van der Waals surface area contributed by atoms with Gasteiger partial charge in [-0.1, -0.05) is 11.3 Å². The van der Waals surface area contributed by atoms with Crippen LogP contribution in [-0.2, 0) is 0 Å². The Morgan fingerprint density at radius 3 is 2.83 bits per heavy atom. The van der Waals surface area contributed by atoms with Crippen LogP contribution in [0.5, 0.6) is 0 Å². The van der Waals surface area contributed by atoms with Crippen LogP contribution in [0, 0.1) is 0 Å². The van der Waals surface area contributed by atoms with Crippen molar-refractivity contribution < 1.29 is 0 Å². The highest BCUT2D eigenvalue weighted by atomic mass is 32.1. The topological polar surface area (TPSA) is 84.9 Å². The number of nitrogens with two attached hydrogens (primary N) is 2. The average Bonchev–Trinajstić information content (AvgIpc) is 2.28. The van der Waals surface area contributed by atoms with Crippen molar-refractivity contribution in [3.8, 4) is 0 Å². The lowest BCUT2D eigenvalue weighted by Crippen LogP contribution is -2.00. The van der Waals surface area contributed by atoms with Gasteiger partial charge < -0.3 is 16.5 Å². The maximum Gasteiger partial charge on any atom is 0.249 e. The van der Waals surface area contributed by atoms with E-state index >= 15 is 0 Å². The molecule has 0 fully saturated rings. The van der Waals surface area contributed by atoms with E-state index in [0.29, 0.717) is 10.7 Å². The number of anilines is 2. The van der Waals surface area contributed by atoms with Crippen molar-refractivity contribution in [1.82, 2.24) is 4.98 Å². The van der Waals surface area contributed by atoms with Crippen LogP contribution in [0.1, 0.15) is 0 Å². The molecule has 0 spiro atoms. The summed E-state index contributed by atoms with van der Waals surface area (Å²) in [6.07, 6.45) is 0. The summed E-state index contributed by atoms with van der Waals surface area (Å²) in [4.78, 5) is 14.3. The number of pyridine rings is 1. The minimum Gasteiger partial charge on any atom is -0.396 e. The van der Waals surface area contributed by atoms with E-state index in [9.17, 15) is 4.79 Å². The minimum absolute atomic E-state index is 0.135. The predicted octanol–water partition coefficient (Wildman–Crippen LogP) is 0.754. The third-order valence-electron chi connectivity index (χ3n) is 1.65. The highest BCUT2D eigenvalue weighted by Gasteiger charge is 2.05. The molecule has 0 saturated heterocycles. The molecule has 0 amide bonds. The molecule has 0 aliphatic heterocycles. The van der Waals surface area contributed by atoms with Gasteiger partial charge in [-0.25, -0.2) is 0 Å². The summed E-state index contributed by atoms with van der Waals surface area (Å²) in [5.41, 5.74) is 11.6. The zero-order valence-corrected chi connectivity index (χ0v) is 6.94. The highest BCUT2D eigenvalue weighted by Crippen LogP contribution is 2.32. The zero-order valence-electron chi connectivity index (χ0n) is 6.13. The van der Waals surface area contributed by atoms with E-state index < -0.39 is 0 Å². The molecule has 0 saturated carbocycles. The fraction of sp³-hybridized carbons (Fsp3) is 0. The molecule has 2 aromatic heterocycles. The molecule has 0 radical (unpaired) electrons. The monoisotopic (exact) mass is 181 g/mol. The first-order chi connectivity index (χ1) is 5.68. The largest absolute Gasteiger partial charge is 0.396 e. The minimum atomic E-state index is -0.135. The third-order valence-corrected chi connectivity index (χ3v) is 2.62. The lowest BCUT2D eigenvalue weighted by molar-refractivity contribution is 1.33.